The van der Waals surface area contributed by atoms with Gasteiger partial charge < -0.3 is 25.0 Å². The summed E-state index contributed by atoms with van der Waals surface area (Å²) in [5.74, 6) is 0.377. The molecule has 0 radical (unpaired) electrons. The second-order valence-electron chi connectivity index (χ2n) is 9.34. The van der Waals surface area contributed by atoms with Gasteiger partial charge in [-0.05, 0) is 74.7 Å². The van der Waals surface area contributed by atoms with Crippen LogP contribution in [0.2, 0.25) is 5.02 Å². The van der Waals surface area contributed by atoms with Gasteiger partial charge in [0.15, 0.2) is 6.29 Å². The maximum absolute atomic E-state index is 12.5. The van der Waals surface area contributed by atoms with E-state index in [1.54, 1.807) is 36.4 Å². The zero-order valence-electron chi connectivity index (χ0n) is 20.0. The molecule has 1 amide bonds. The number of aliphatic hydroxyl groups is 2. The van der Waals surface area contributed by atoms with Gasteiger partial charge in [0.1, 0.15) is 28.9 Å². The first-order chi connectivity index (χ1) is 17.1. The Morgan fingerprint density at radius 1 is 1.19 bits per heavy atom. The van der Waals surface area contributed by atoms with Gasteiger partial charge in [0, 0.05) is 34.7 Å². The van der Waals surface area contributed by atoms with Gasteiger partial charge >= 0.3 is 0 Å². The van der Waals surface area contributed by atoms with Crippen LogP contribution in [0.25, 0.3) is 0 Å². The van der Waals surface area contributed by atoms with E-state index in [4.69, 9.17) is 21.1 Å². The Kier molecular flexibility index (Phi) is 7.51. The lowest BCUT2D eigenvalue weighted by Crippen LogP contribution is -2.38. The normalized spacial score (nSPS) is 16.0. The molecule has 1 aliphatic heterocycles. The van der Waals surface area contributed by atoms with Gasteiger partial charge in [0.25, 0.3) is 5.91 Å². The van der Waals surface area contributed by atoms with Crippen molar-refractivity contribution >= 4 is 17.5 Å². The van der Waals surface area contributed by atoms with Crippen LogP contribution in [0.1, 0.15) is 53.2 Å². The molecule has 7 nitrogen and oxygen atoms in total. The third kappa shape index (κ3) is 5.97. The number of aliphatic hydroxyl groups excluding tert-OH is 1. The molecule has 8 heteroatoms. The Hall–Kier alpha value is -3.57. The fraction of sp³-hybridized carbons (Fsp3) is 0.286. The van der Waals surface area contributed by atoms with Crippen LogP contribution in [0, 0.1) is 11.3 Å². The number of benzene rings is 3. The third-order valence-corrected chi connectivity index (χ3v) is 6.30. The lowest BCUT2D eigenvalue weighted by molar-refractivity contribution is -0.0829. The Labute approximate surface area is 214 Å². The Balaban J connectivity index is 1.44. The highest BCUT2D eigenvalue weighted by Gasteiger charge is 2.37. The lowest BCUT2D eigenvalue weighted by atomic mass is 9.83. The molecule has 186 valence electrons. The van der Waals surface area contributed by atoms with Crippen molar-refractivity contribution in [1.29, 1.82) is 5.26 Å². The van der Waals surface area contributed by atoms with Crippen molar-refractivity contribution in [2.75, 3.05) is 6.54 Å². The number of fused-ring (bicyclic) bond motifs is 1. The topological polar surface area (TPSA) is 112 Å². The number of carbonyl (C=O) groups excluding carboxylic acids is 1. The summed E-state index contributed by atoms with van der Waals surface area (Å²) in [5, 5.41) is 33.0. The number of carbonyl (C=O) groups is 1. The standard InChI is InChI=1S/C28H27ClN2O5/c1-28(2)15-23(27(33)34)22-13-19(16-30)24(14-25(22)36-28)35-21-9-5-18(6-10-21)26(32)31-12-11-17-3-7-20(29)8-4-17/h3-10,13-14,23,27,33-34H,11-12,15H2,1-2H3,(H,31,32). The zero-order chi connectivity index (χ0) is 25.9. The first-order valence-corrected chi connectivity index (χ1v) is 12.0. The number of rotatable bonds is 7. The highest BCUT2D eigenvalue weighted by atomic mass is 35.5. The van der Waals surface area contributed by atoms with Gasteiger partial charge in [0.2, 0.25) is 0 Å². The largest absolute Gasteiger partial charge is 0.487 e. The molecule has 0 spiro atoms. The second-order valence-corrected chi connectivity index (χ2v) is 9.78. The second kappa shape index (κ2) is 10.6. The highest BCUT2D eigenvalue weighted by molar-refractivity contribution is 6.30. The molecule has 0 bridgehead atoms. The van der Waals surface area contributed by atoms with Gasteiger partial charge in [-0.1, -0.05) is 23.7 Å². The summed E-state index contributed by atoms with van der Waals surface area (Å²) in [6.07, 6.45) is -0.492. The average Bonchev–Trinajstić information content (AvgIpc) is 2.84. The van der Waals surface area contributed by atoms with Crippen LogP contribution >= 0.6 is 11.6 Å². The minimum Gasteiger partial charge on any atom is -0.487 e. The molecule has 36 heavy (non-hydrogen) atoms. The molecule has 1 aliphatic rings. The minimum absolute atomic E-state index is 0.203. The van der Waals surface area contributed by atoms with Gasteiger partial charge in [0.05, 0.1) is 5.56 Å². The van der Waals surface area contributed by atoms with Crippen LogP contribution in [0.4, 0.5) is 0 Å². The summed E-state index contributed by atoms with van der Waals surface area (Å²) in [5.41, 5.74) is 1.74. The first-order valence-electron chi connectivity index (χ1n) is 11.6. The summed E-state index contributed by atoms with van der Waals surface area (Å²) in [6, 6.07) is 19.4. The monoisotopic (exact) mass is 506 g/mol. The van der Waals surface area contributed by atoms with Crippen molar-refractivity contribution in [3.63, 3.8) is 0 Å². The van der Waals surface area contributed by atoms with Gasteiger partial charge in [-0.25, -0.2) is 0 Å². The van der Waals surface area contributed by atoms with E-state index in [1.807, 2.05) is 38.1 Å². The highest BCUT2D eigenvalue weighted by Crippen LogP contribution is 2.45. The van der Waals surface area contributed by atoms with Crippen LogP contribution < -0.4 is 14.8 Å². The zero-order valence-corrected chi connectivity index (χ0v) is 20.7. The molecule has 1 atom stereocenters. The number of ether oxygens (including phenoxy) is 2. The number of halogens is 1. The molecule has 3 aromatic carbocycles. The summed E-state index contributed by atoms with van der Waals surface area (Å²) in [7, 11) is 0. The van der Waals surface area contributed by atoms with E-state index in [-0.39, 0.29) is 17.2 Å². The van der Waals surface area contributed by atoms with Crippen molar-refractivity contribution in [3.8, 4) is 23.3 Å². The summed E-state index contributed by atoms with van der Waals surface area (Å²) < 4.78 is 12.0. The fourth-order valence-corrected chi connectivity index (χ4v) is 4.37. The van der Waals surface area contributed by atoms with Crippen LogP contribution in [0.5, 0.6) is 17.2 Å². The van der Waals surface area contributed by atoms with Crippen LogP contribution in [0.3, 0.4) is 0 Å². The van der Waals surface area contributed by atoms with Gasteiger partial charge in [-0.2, -0.15) is 5.26 Å². The number of nitriles is 1. The lowest BCUT2D eigenvalue weighted by Gasteiger charge is -2.38. The average molecular weight is 507 g/mol. The minimum atomic E-state index is -1.57. The van der Waals surface area contributed by atoms with E-state index >= 15 is 0 Å². The molecular formula is C28H27ClN2O5. The Bertz CT molecular complexity index is 1280. The van der Waals surface area contributed by atoms with E-state index < -0.39 is 17.8 Å². The predicted octanol–water partition coefficient (Wildman–Crippen LogP) is 4.93. The van der Waals surface area contributed by atoms with E-state index in [0.29, 0.717) is 47.0 Å². The maximum atomic E-state index is 12.5. The summed E-state index contributed by atoms with van der Waals surface area (Å²) >= 11 is 5.90. The fourth-order valence-electron chi connectivity index (χ4n) is 4.25. The first kappa shape index (κ1) is 25.5. The summed E-state index contributed by atoms with van der Waals surface area (Å²) in [4.78, 5) is 12.5. The smallest absolute Gasteiger partial charge is 0.251 e. The maximum Gasteiger partial charge on any atom is 0.251 e. The SMILES string of the molecule is CC1(C)CC(C(O)O)c2cc(C#N)c(Oc3ccc(C(=O)NCCc4ccc(Cl)cc4)cc3)cc2O1. The van der Waals surface area contributed by atoms with Crippen LogP contribution in [-0.4, -0.2) is 34.6 Å². The van der Waals surface area contributed by atoms with Crippen molar-refractivity contribution in [3.05, 3.63) is 87.9 Å². The number of hydrogen-bond donors (Lipinski definition) is 3. The molecule has 1 unspecified atom stereocenters. The van der Waals surface area contributed by atoms with Crippen molar-refractivity contribution in [2.24, 2.45) is 0 Å². The van der Waals surface area contributed by atoms with Gasteiger partial charge in [-0.3, -0.25) is 4.79 Å². The molecular weight excluding hydrogens is 480 g/mol. The molecule has 1 heterocycles. The molecule has 3 N–H and O–H groups in total. The number of amides is 1. The molecule has 0 saturated carbocycles. The Morgan fingerprint density at radius 2 is 1.89 bits per heavy atom. The van der Waals surface area contributed by atoms with E-state index in [0.717, 1.165) is 5.56 Å². The van der Waals surface area contributed by atoms with E-state index in [1.165, 1.54) is 0 Å². The number of nitrogens with one attached hydrogen (secondary N) is 1. The molecule has 0 aromatic heterocycles. The van der Waals surface area contributed by atoms with Crippen molar-refractivity contribution in [2.45, 2.75) is 44.5 Å². The van der Waals surface area contributed by atoms with E-state index in [9.17, 15) is 20.3 Å². The van der Waals surface area contributed by atoms with Crippen LogP contribution in [-0.2, 0) is 6.42 Å². The molecule has 0 aliphatic carbocycles. The molecule has 3 aromatic rings. The third-order valence-electron chi connectivity index (χ3n) is 6.05. The summed E-state index contributed by atoms with van der Waals surface area (Å²) in [6.45, 7) is 4.21. The van der Waals surface area contributed by atoms with Gasteiger partial charge in [-0.15, -0.1) is 0 Å². The number of nitrogens with zero attached hydrogens (tertiary/aromatic N) is 1. The molecule has 0 fully saturated rings. The predicted molar refractivity (Wildman–Crippen MR) is 135 cm³/mol. The van der Waals surface area contributed by atoms with E-state index in [2.05, 4.69) is 11.4 Å². The van der Waals surface area contributed by atoms with Crippen LogP contribution in [0.15, 0.2) is 60.7 Å². The molecule has 0 saturated heterocycles. The quantitative estimate of drug-likeness (QED) is 0.392. The van der Waals surface area contributed by atoms with Crippen molar-refractivity contribution < 1.29 is 24.5 Å². The molecule has 4 rings (SSSR count). The van der Waals surface area contributed by atoms with Crippen molar-refractivity contribution in [1.82, 2.24) is 5.32 Å². The Morgan fingerprint density at radius 3 is 2.53 bits per heavy atom. The number of hydrogen-bond acceptors (Lipinski definition) is 6.